The van der Waals surface area contributed by atoms with E-state index in [0.717, 1.165) is 47.7 Å². The molecule has 2 rings (SSSR count). The van der Waals surface area contributed by atoms with Gasteiger partial charge in [-0.2, -0.15) is 0 Å². The van der Waals surface area contributed by atoms with Crippen molar-refractivity contribution in [1.29, 1.82) is 0 Å². The Kier molecular flexibility index (Phi) is 13.3. The molecule has 0 saturated heterocycles. The zero-order valence-corrected chi connectivity index (χ0v) is 24.1. The molecule has 0 fully saturated rings. The molecule has 7 heteroatoms. The van der Waals surface area contributed by atoms with E-state index in [1.54, 1.807) is 23.5 Å². The van der Waals surface area contributed by atoms with Crippen LogP contribution < -0.4 is 5.32 Å². The fourth-order valence-corrected chi connectivity index (χ4v) is 4.77. The van der Waals surface area contributed by atoms with Crippen molar-refractivity contribution in [2.24, 2.45) is 0 Å². The van der Waals surface area contributed by atoms with Gasteiger partial charge in [0.15, 0.2) is 0 Å². The summed E-state index contributed by atoms with van der Waals surface area (Å²) in [5, 5.41) is 6.20. The second kappa shape index (κ2) is 16.2. The Balaban J connectivity index is 2.21. The fraction of sp³-hybridized carbons (Fsp3) is 0.500. The highest BCUT2D eigenvalue weighted by atomic mass is 32.1. The topological polar surface area (TPSA) is 71.5 Å². The van der Waals surface area contributed by atoms with Crippen LogP contribution in [0.25, 0.3) is 0 Å². The van der Waals surface area contributed by atoms with Crippen LogP contribution in [0.4, 0.5) is 0 Å². The molecule has 0 aromatic carbocycles. The predicted octanol–water partition coefficient (Wildman–Crippen LogP) is 5.73. The summed E-state index contributed by atoms with van der Waals surface area (Å²) in [5.74, 6) is -0.312. The fourth-order valence-electron chi connectivity index (χ4n) is 3.88. The first kappa shape index (κ1) is 30.5. The molecular weight excluding hydrogens is 482 g/mol. The summed E-state index contributed by atoms with van der Waals surface area (Å²) < 4.78 is 5.53. The summed E-state index contributed by atoms with van der Waals surface area (Å²) in [4.78, 5) is 31.8. The molecule has 0 spiro atoms. The number of allylic oxidation sites excluding steroid dienone is 6. The zero-order valence-electron chi connectivity index (χ0n) is 23.3. The van der Waals surface area contributed by atoms with Crippen molar-refractivity contribution in [3.05, 3.63) is 75.3 Å². The molecule has 1 aromatic rings. The Bertz CT molecular complexity index is 1050. The molecule has 1 aliphatic rings. The molecule has 1 aliphatic heterocycles. The standard InChI is InChI=1S/C30H43N3O3S/c1-22(16-17-33(5)6)14-15-24(3)19-27-20-29-32-26(21-37-29)11-7-8-13-30(35)36-25(4)18-23(2)10-9-12-28(34)31-27/h9-10,12,14-16,19,21,25,27H,7-8,11,13,17-18,20H2,1-6H3,(H,31,34)/t25-,27+/m0/s1. The van der Waals surface area contributed by atoms with Crippen LogP contribution in [-0.2, 0) is 27.2 Å². The van der Waals surface area contributed by atoms with Crippen molar-refractivity contribution in [2.75, 3.05) is 20.6 Å². The third kappa shape index (κ3) is 13.4. The minimum atomic E-state index is -0.193. The number of hydrogen-bond acceptors (Lipinski definition) is 6. The summed E-state index contributed by atoms with van der Waals surface area (Å²) in [6, 6.07) is -0.176. The minimum Gasteiger partial charge on any atom is -0.462 e. The number of hydrogen-bond donors (Lipinski definition) is 1. The van der Waals surface area contributed by atoms with Crippen molar-refractivity contribution < 1.29 is 14.3 Å². The lowest BCUT2D eigenvalue weighted by molar-refractivity contribution is -0.148. The third-order valence-electron chi connectivity index (χ3n) is 5.81. The van der Waals surface area contributed by atoms with E-state index in [2.05, 4.69) is 53.7 Å². The molecule has 202 valence electrons. The summed E-state index contributed by atoms with van der Waals surface area (Å²) in [6.45, 7) is 8.92. The second-order valence-electron chi connectivity index (χ2n) is 10.1. The SMILES string of the molecule is CC(C=CC(C)=C[C@@H]1Cc2nc(cs2)CCCCC(=O)O[C@@H](C)CC(C)=CC=CC(=O)N1)=CCN(C)C. The first-order valence-corrected chi connectivity index (χ1v) is 13.9. The molecule has 1 aromatic heterocycles. The number of fused-ring (bicyclic) bond motifs is 2. The highest BCUT2D eigenvalue weighted by Crippen LogP contribution is 2.17. The van der Waals surface area contributed by atoms with E-state index in [4.69, 9.17) is 9.72 Å². The molecule has 2 bridgehead atoms. The molecule has 2 heterocycles. The van der Waals surface area contributed by atoms with E-state index in [0.29, 0.717) is 19.3 Å². The van der Waals surface area contributed by atoms with Crippen molar-refractivity contribution >= 4 is 23.2 Å². The third-order valence-corrected chi connectivity index (χ3v) is 6.73. The number of ether oxygens (including phenoxy) is 1. The molecule has 0 radical (unpaired) electrons. The number of cyclic esters (lactones) is 1. The molecule has 1 N–H and O–H groups in total. The molecule has 0 saturated carbocycles. The van der Waals surface area contributed by atoms with Gasteiger partial charge in [0.25, 0.3) is 0 Å². The number of likely N-dealkylation sites (N-methyl/N-ethyl adjacent to an activating group) is 1. The van der Waals surface area contributed by atoms with Gasteiger partial charge in [0.05, 0.1) is 16.7 Å². The van der Waals surface area contributed by atoms with E-state index in [1.165, 1.54) is 5.57 Å². The lowest BCUT2D eigenvalue weighted by Gasteiger charge is -2.14. The average Bonchev–Trinajstić information content (AvgIpc) is 3.25. The van der Waals surface area contributed by atoms with Crippen LogP contribution in [0.2, 0.25) is 0 Å². The number of rotatable bonds is 5. The van der Waals surface area contributed by atoms with Gasteiger partial charge < -0.3 is 15.0 Å². The van der Waals surface area contributed by atoms with Crippen molar-refractivity contribution in [3.8, 4) is 0 Å². The highest BCUT2D eigenvalue weighted by molar-refractivity contribution is 7.09. The van der Waals surface area contributed by atoms with Gasteiger partial charge >= 0.3 is 5.97 Å². The smallest absolute Gasteiger partial charge is 0.306 e. The lowest BCUT2D eigenvalue weighted by atomic mass is 10.1. The zero-order chi connectivity index (χ0) is 27.2. The summed E-state index contributed by atoms with van der Waals surface area (Å²) in [6.07, 6.45) is 17.7. The first-order chi connectivity index (χ1) is 17.6. The van der Waals surface area contributed by atoms with Gasteiger partial charge in [-0.3, -0.25) is 9.59 Å². The van der Waals surface area contributed by atoms with Gasteiger partial charge in [-0.1, -0.05) is 53.2 Å². The molecule has 1 amide bonds. The van der Waals surface area contributed by atoms with Gasteiger partial charge in [0.2, 0.25) is 5.91 Å². The van der Waals surface area contributed by atoms with Gasteiger partial charge in [0, 0.05) is 37.3 Å². The second-order valence-corrected chi connectivity index (χ2v) is 11.0. The molecule has 6 nitrogen and oxygen atoms in total. The van der Waals surface area contributed by atoms with Crippen molar-refractivity contribution in [1.82, 2.24) is 15.2 Å². The molecular formula is C30H43N3O3S. The Morgan fingerprint density at radius 2 is 1.89 bits per heavy atom. The number of aryl methyl sites for hydroxylation is 1. The number of aromatic nitrogens is 1. The maximum atomic E-state index is 12.7. The van der Waals surface area contributed by atoms with Crippen LogP contribution in [0, 0.1) is 0 Å². The van der Waals surface area contributed by atoms with Gasteiger partial charge in [-0.15, -0.1) is 11.3 Å². The Hall–Kier alpha value is -2.77. The van der Waals surface area contributed by atoms with Crippen molar-refractivity contribution in [3.63, 3.8) is 0 Å². The number of nitrogens with one attached hydrogen (secondary N) is 1. The quantitative estimate of drug-likeness (QED) is 0.393. The van der Waals surface area contributed by atoms with Crippen LogP contribution in [0.5, 0.6) is 0 Å². The Labute approximate surface area is 226 Å². The first-order valence-electron chi connectivity index (χ1n) is 13.1. The van der Waals surface area contributed by atoms with Crippen LogP contribution in [-0.4, -0.2) is 54.5 Å². The summed E-state index contributed by atoms with van der Waals surface area (Å²) >= 11 is 1.62. The van der Waals surface area contributed by atoms with Gasteiger partial charge in [-0.05, 0) is 61.1 Å². The minimum absolute atomic E-state index is 0.154. The van der Waals surface area contributed by atoms with E-state index in [-0.39, 0.29) is 24.0 Å². The lowest BCUT2D eigenvalue weighted by Crippen LogP contribution is -2.34. The van der Waals surface area contributed by atoms with Crippen LogP contribution in [0.3, 0.4) is 0 Å². The van der Waals surface area contributed by atoms with Crippen molar-refractivity contribution in [2.45, 2.75) is 78.4 Å². The summed E-state index contributed by atoms with van der Waals surface area (Å²) in [5.41, 5.74) is 4.36. The maximum absolute atomic E-state index is 12.7. The van der Waals surface area contributed by atoms with Crippen LogP contribution >= 0.6 is 11.3 Å². The predicted molar refractivity (Wildman–Crippen MR) is 154 cm³/mol. The van der Waals surface area contributed by atoms with E-state index in [9.17, 15) is 9.59 Å². The Morgan fingerprint density at radius 1 is 1.16 bits per heavy atom. The van der Waals surface area contributed by atoms with Gasteiger partial charge in [-0.25, -0.2) is 4.98 Å². The molecule has 0 aliphatic carbocycles. The number of amides is 1. The highest BCUT2D eigenvalue weighted by Gasteiger charge is 2.14. The number of esters is 1. The van der Waals surface area contributed by atoms with E-state index >= 15 is 0 Å². The molecule has 37 heavy (non-hydrogen) atoms. The normalized spacial score (nSPS) is 21.8. The maximum Gasteiger partial charge on any atom is 0.306 e. The number of nitrogens with zero attached hydrogens (tertiary/aromatic N) is 2. The number of carbonyl (C=O) groups excluding carboxylic acids is 2. The number of thiazole rings is 1. The van der Waals surface area contributed by atoms with E-state index in [1.807, 2.05) is 34.0 Å². The van der Waals surface area contributed by atoms with Crippen LogP contribution in [0.1, 0.15) is 64.1 Å². The van der Waals surface area contributed by atoms with E-state index < -0.39 is 0 Å². The summed E-state index contributed by atoms with van der Waals surface area (Å²) in [7, 11) is 4.10. The average molecular weight is 526 g/mol. The molecule has 2 atom stereocenters. The van der Waals surface area contributed by atoms with Gasteiger partial charge in [0.1, 0.15) is 6.10 Å². The largest absolute Gasteiger partial charge is 0.462 e. The van der Waals surface area contributed by atoms with Crippen LogP contribution in [0.15, 0.2) is 64.6 Å². The molecule has 0 unspecified atom stereocenters. The number of carbonyl (C=O) groups is 2. The Morgan fingerprint density at radius 3 is 2.65 bits per heavy atom. The monoisotopic (exact) mass is 525 g/mol.